The number of carboxylic acid groups (broad SMARTS) is 1. The number of β-lactam (4-membered cyclic amide) rings is 1. The molecule has 4 aromatic rings. The fourth-order valence-corrected chi connectivity index (χ4v) is 8.83. The lowest BCUT2D eigenvalue weighted by Gasteiger charge is -2.49. The van der Waals surface area contributed by atoms with Crippen LogP contribution in [0.4, 0.5) is 13.9 Å². The average molecular weight is 759 g/mol. The fourth-order valence-electron chi connectivity index (χ4n) is 5.91. The number of aliphatic carboxylic acids is 1. The van der Waals surface area contributed by atoms with Crippen molar-refractivity contribution in [3.63, 3.8) is 0 Å². The number of thiazole rings is 1. The van der Waals surface area contributed by atoms with Crippen LogP contribution >= 0.6 is 34.9 Å². The van der Waals surface area contributed by atoms with Crippen LogP contribution in [0.25, 0.3) is 0 Å². The molecule has 1 unspecified atom stereocenters. The van der Waals surface area contributed by atoms with Gasteiger partial charge in [0.25, 0.3) is 11.8 Å². The highest BCUT2D eigenvalue weighted by molar-refractivity contribution is 8.02. The third kappa shape index (κ3) is 7.42. The van der Waals surface area contributed by atoms with Gasteiger partial charge in [-0.2, -0.15) is 14.0 Å². The summed E-state index contributed by atoms with van der Waals surface area (Å²) in [6, 6.07) is 29.7. The van der Waals surface area contributed by atoms with Crippen molar-refractivity contribution in [3.8, 4) is 6.07 Å². The van der Waals surface area contributed by atoms with Gasteiger partial charge in [-0.15, -0.1) is 34.9 Å². The number of nitrogens with zero attached hydrogens (tertiary/aromatic N) is 4. The summed E-state index contributed by atoms with van der Waals surface area (Å²) >= 11 is 3.56. The number of halogens is 2. The van der Waals surface area contributed by atoms with Gasteiger partial charge in [-0.25, -0.2) is 9.78 Å². The maximum atomic E-state index is 13.7. The van der Waals surface area contributed by atoms with E-state index in [1.165, 1.54) is 40.4 Å². The lowest BCUT2D eigenvalue weighted by atomic mass is 9.77. The van der Waals surface area contributed by atoms with Crippen molar-refractivity contribution in [1.29, 1.82) is 5.26 Å². The van der Waals surface area contributed by atoms with Gasteiger partial charge in [-0.3, -0.25) is 14.5 Å². The van der Waals surface area contributed by atoms with E-state index in [0.29, 0.717) is 10.7 Å². The fraction of sp³-hybridized carbons (Fsp3) is 0.167. The van der Waals surface area contributed by atoms with Crippen molar-refractivity contribution >= 4 is 63.5 Å². The maximum absolute atomic E-state index is 13.7. The van der Waals surface area contributed by atoms with Gasteiger partial charge in [0.15, 0.2) is 10.8 Å². The van der Waals surface area contributed by atoms with Crippen molar-refractivity contribution in [3.05, 3.63) is 142 Å². The number of nitrogens with one attached hydrogen (secondary N) is 2. The van der Waals surface area contributed by atoms with Crippen LogP contribution < -0.4 is 10.6 Å². The molecule has 1 aromatic heterocycles. The molecule has 11 nitrogen and oxygen atoms in total. The number of allylic oxidation sites excluding steroid dienone is 1. The summed E-state index contributed by atoms with van der Waals surface area (Å²) in [5.41, 5.74) is 1.26. The number of anilines is 1. The zero-order chi connectivity index (χ0) is 36.7. The van der Waals surface area contributed by atoms with Gasteiger partial charge in [0.05, 0.1) is 6.07 Å². The van der Waals surface area contributed by atoms with Crippen LogP contribution in [0, 0.1) is 11.3 Å². The van der Waals surface area contributed by atoms with E-state index in [0.717, 1.165) is 32.9 Å². The van der Waals surface area contributed by atoms with E-state index < -0.39 is 47.1 Å². The van der Waals surface area contributed by atoms with E-state index in [1.54, 1.807) is 0 Å². The van der Waals surface area contributed by atoms with Crippen molar-refractivity contribution in [2.24, 2.45) is 5.16 Å². The molecule has 3 heterocycles. The number of fused-ring (bicyclic) bond motifs is 1. The number of alkyl halides is 2. The molecule has 3 aromatic carbocycles. The van der Waals surface area contributed by atoms with Crippen LogP contribution in [0.2, 0.25) is 0 Å². The largest absolute Gasteiger partial charge is 0.477 e. The van der Waals surface area contributed by atoms with Crippen molar-refractivity contribution in [2.75, 3.05) is 16.8 Å². The number of aromatic nitrogens is 1. The normalized spacial score (nSPS) is 17.4. The van der Waals surface area contributed by atoms with Gasteiger partial charge >= 0.3 is 12.6 Å². The second kappa shape index (κ2) is 16.2. The molecule has 0 radical (unpaired) electrons. The smallest absolute Gasteiger partial charge is 0.407 e. The van der Waals surface area contributed by atoms with Gasteiger partial charge in [0.1, 0.15) is 28.3 Å². The minimum atomic E-state index is -3.35. The Hall–Kier alpha value is -5.50. The Balaban J connectivity index is 1.29. The SMILES string of the molecule is N#C/C=C\SCC1=C(C(=O)O)N2C(=O)C(NC(=O)C(=NOC(F)F)c3csc(NC(c4ccccc4)(c4ccccc4)c4ccccc4)n3)[C@@H]2SC1. The number of carboxylic acids is 1. The summed E-state index contributed by atoms with van der Waals surface area (Å²) in [6.07, 6.45) is 1.26. The Bertz CT molecular complexity index is 1980. The van der Waals surface area contributed by atoms with E-state index >= 15 is 0 Å². The molecule has 2 aliphatic heterocycles. The number of hydrogen-bond acceptors (Lipinski definition) is 11. The van der Waals surface area contributed by atoms with Gasteiger partial charge < -0.3 is 20.6 Å². The Labute approximate surface area is 309 Å². The molecular weight excluding hydrogens is 731 g/mol. The number of rotatable bonds is 14. The third-order valence-corrected chi connectivity index (χ3v) is 11.1. The van der Waals surface area contributed by atoms with Gasteiger partial charge in [-0.1, -0.05) is 96.2 Å². The van der Waals surface area contributed by atoms with E-state index in [1.807, 2.05) is 97.1 Å². The summed E-state index contributed by atoms with van der Waals surface area (Å²) in [5, 5.41) is 30.7. The molecule has 1 saturated heterocycles. The number of oxime groups is 1. The third-order valence-electron chi connectivity index (χ3n) is 8.13. The van der Waals surface area contributed by atoms with E-state index in [2.05, 4.69) is 25.6 Å². The number of carbonyl (C=O) groups is 3. The molecule has 2 aliphatic rings. The summed E-state index contributed by atoms with van der Waals surface area (Å²) in [4.78, 5) is 49.0. The van der Waals surface area contributed by atoms with E-state index in [4.69, 9.17) is 5.26 Å². The maximum Gasteiger partial charge on any atom is 0.407 e. The lowest BCUT2D eigenvalue weighted by molar-refractivity contribution is -0.150. The summed E-state index contributed by atoms with van der Waals surface area (Å²) < 4.78 is 26.5. The minimum Gasteiger partial charge on any atom is -0.477 e. The van der Waals surface area contributed by atoms with Gasteiger partial charge in [-0.05, 0) is 27.7 Å². The molecule has 2 atom stereocenters. The molecule has 264 valence electrons. The molecular formula is C36H28F2N6O5S3. The van der Waals surface area contributed by atoms with Gasteiger partial charge in [0, 0.05) is 23.0 Å². The molecule has 0 aliphatic carbocycles. The highest BCUT2D eigenvalue weighted by atomic mass is 32.2. The molecule has 1 fully saturated rings. The highest BCUT2D eigenvalue weighted by Crippen LogP contribution is 2.42. The van der Waals surface area contributed by atoms with Crippen molar-refractivity contribution < 1.29 is 33.1 Å². The first-order chi connectivity index (χ1) is 25.2. The number of hydrogen-bond donors (Lipinski definition) is 3. The Morgan fingerprint density at radius 3 is 2.21 bits per heavy atom. The molecule has 6 rings (SSSR count). The first kappa shape index (κ1) is 36.3. The topological polar surface area (TPSA) is 157 Å². The van der Waals surface area contributed by atoms with Crippen molar-refractivity contribution in [2.45, 2.75) is 23.6 Å². The van der Waals surface area contributed by atoms with Gasteiger partial charge in [0.2, 0.25) is 0 Å². The summed E-state index contributed by atoms with van der Waals surface area (Å²) in [5.74, 6) is -2.52. The van der Waals surface area contributed by atoms with Crippen LogP contribution in [0.1, 0.15) is 22.4 Å². The molecule has 16 heteroatoms. The van der Waals surface area contributed by atoms with Crippen LogP contribution in [0.3, 0.4) is 0 Å². The standard InChI is InChI=1S/C36H28F2N6O5S3/c37-34(38)49-43-27(30(45)41-28-31(46)44-29(33(47)48)22(20-51-32(28)44)19-50-18-10-17-39)26-21-52-35(40-26)42-36(23-11-4-1-5-12-23,24-13-6-2-7-14-24)25-15-8-3-9-16-25/h1-16,18,21,28,32,34H,19-20H2,(H,40,42)(H,41,45)(H,47,48)/b18-10-,43-27?/t28?,32-/m0/s1. The number of benzene rings is 3. The summed E-state index contributed by atoms with van der Waals surface area (Å²) in [6.45, 7) is -3.35. The number of nitriles is 1. The molecule has 2 amide bonds. The van der Waals surface area contributed by atoms with Crippen LogP contribution in [-0.4, -0.2) is 68.0 Å². The van der Waals surface area contributed by atoms with Crippen molar-refractivity contribution in [1.82, 2.24) is 15.2 Å². The van der Waals surface area contributed by atoms with E-state index in [-0.39, 0.29) is 22.9 Å². The molecule has 3 N–H and O–H groups in total. The van der Waals surface area contributed by atoms with Crippen LogP contribution in [0.15, 0.2) is 124 Å². The zero-order valence-corrected chi connectivity index (χ0v) is 29.3. The first-order valence-electron chi connectivity index (χ1n) is 15.5. The quantitative estimate of drug-likeness (QED) is 0.0458. The second-order valence-corrected chi connectivity index (χ2v) is 14.0. The lowest BCUT2D eigenvalue weighted by Crippen LogP contribution is -2.71. The summed E-state index contributed by atoms with van der Waals surface area (Å²) in [7, 11) is 0. The first-order valence-corrected chi connectivity index (χ1v) is 18.5. The molecule has 0 spiro atoms. The highest BCUT2D eigenvalue weighted by Gasteiger charge is 2.54. The van der Waals surface area contributed by atoms with Crippen LogP contribution in [0.5, 0.6) is 0 Å². The predicted octanol–water partition coefficient (Wildman–Crippen LogP) is 6.00. The number of amides is 2. The minimum absolute atomic E-state index is 0.0930. The Kier molecular flexibility index (Phi) is 11.3. The average Bonchev–Trinajstić information content (AvgIpc) is 3.63. The zero-order valence-electron chi connectivity index (χ0n) is 26.9. The second-order valence-electron chi connectivity index (χ2n) is 11.2. The molecule has 0 bridgehead atoms. The number of thioether (sulfide) groups is 2. The molecule has 52 heavy (non-hydrogen) atoms. The number of carbonyl (C=O) groups excluding carboxylic acids is 2. The Morgan fingerprint density at radius 2 is 1.67 bits per heavy atom. The monoisotopic (exact) mass is 758 g/mol. The van der Waals surface area contributed by atoms with Crippen LogP contribution in [-0.2, 0) is 24.8 Å². The Morgan fingerprint density at radius 1 is 1.08 bits per heavy atom. The predicted molar refractivity (Wildman–Crippen MR) is 195 cm³/mol. The molecule has 0 saturated carbocycles. The van der Waals surface area contributed by atoms with E-state index in [9.17, 15) is 28.3 Å².